The number of ether oxygens (including phenoxy) is 2. The molecule has 1 aliphatic rings. The van der Waals surface area contributed by atoms with E-state index in [1.54, 1.807) is 7.11 Å². The second-order valence-electron chi connectivity index (χ2n) is 7.24. The largest absolute Gasteiger partial charge is 0.390 e. The summed E-state index contributed by atoms with van der Waals surface area (Å²) in [7, 11) is 1.61. The number of methoxy groups -OCH3 is 1. The topological polar surface area (TPSA) is 38.7 Å². The van der Waals surface area contributed by atoms with Crippen molar-refractivity contribution < 1.29 is 14.6 Å². The Hall–Kier alpha value is -0.640. The van der Waals surface area contributed by atoms with Gasteiger partial charge >= 0.3 is 0 Å². The van der Waals surface area contributed by atoms with Crippen LogP contribution in [0, 0.1) is 23.7 Å². The number of hydrogen-bond acceptors (Lipinski definition) is 3. The molecule has 0 bridgehead atoms. The molecule has 0 saturated heterocycles. The minimum absolute atomic E-state index is 0.191. The first-order valence-corrected chi connectivity index (χ1v) is 8.39. The molecule has 1 N–H and O–H groups in total. The summed E-state index contributed by atoms with van der Waals surface area (Å²) in [4.78, 5) is 0. The molecule has 0 aromatic carbocycles. The summed E-state index contributed by atoms with van der Waals surface area (Å²) >= 11 is 0. The summed E-state index contributed by atoms with van der Waals surface area (Å²) in [6.07, 6.45) is 4.19. The summed E-state index contributed by atoms with van der Waals surface area (Å²) in [5.41, 5.74) is 0.415. The molecule has 3 nitrogen and oxygen atoms in total. The Balaban J connectivity index is 2.97. The van der Waals surface area contributed by atoms with Gasteiger partial charge in [0.25, 0.3) is 0 Å². The van der Waals surface area contributed by atoms with E-state index < -0.39 is 11.7 Å². The Kier molecular flexibility index (Phi) is 7.30. The molecular formula is C19H34O3. The van der Waals surface area contributed by atoms with Crippen LogP contribution in [0.2, 0.25) is 0 Å². The van der Waals surface area contributed by atoms with Gasteiger partial charge in [-0.3, -0.25) is 0 Å². The summed E-state index contributed by atoms with van der Waals surface area (Å²) in [6.45, 7) is 16.8. The fraction of sp³-hybridized carbons (Fsp3) is 0.789. The average Bonchev–Trinajstić information content (AvgIpc) is 2.85. The predicted molar refractivity (Wildman–Crippen MR) is 91.5 cm³/mol. The summed E-state index contributed by atoms with van der Waals surface area (Å²) in [6, 6.07) is 0. The van der Waals surface area contributed by atoms with Gasteiger partial charge in [0.15, 0.2) is 0 Å². The molecule has 0 radical (unpaired) electrons. The van der Waals surface area contributed by atoms with Gasteiger partial charge in [0.2, 0.25) is 0 Å². The molecule has 0 aliphatic heterocycles. The van der Waals surface area contributed by atoms with Crippen molar-refractivity contribution >= 4 is 0 Å². The van der Waals surface area contributed by atoms with Crippen LogP contribution in [0.5, 0.6) is 0 Å². The lowest BCUT2D eigenvalue weighted by molar-refractivity contribution is -0.197. The molecule has 5 atom stereocenters. The van der Waals surface area contributed by atoms with Gasteiger partial charge in [0.1, 0.15) is 6.79 Å². The van der Waals surface area contributed by atoms with E-state index in [0.717, 1.165) is 18.4 Å². The number of rotatable bonds is 9. The zero-order valence-corrected chi connectivity index (χ0v) is 15.0. The Morgan fingerprint density at radius 1 is 1.41 bits per heavy atom. The van der Waals surface area contributed by atoms with Crippen molar-refractivity contribution in [1.29, 1.82) is 0 Å². The molecule has 0 aromatic heterocycles. The van der Waals surface area contributed by atoms with Gasteiger partial charge in [-0.1, -0.05) is 39.0 Å². The van der Waals surface area contributed by atoms with Crippen molar-refractivity contribution in [3.8, 4) is 0 Å². The van der Waals surface area contributed by atoms with Crippen molar-refractivity contribution in [1.82, 2.24) is 0 Å². The SMILES string of the molecule is C=C[C@@H]1[C@H](C)CC[C@H]1[C@](C)(OCOC)[C@H](O)CC(=C)C(C)C. The summed E-state index contributed by atoms with van der Waals surface area (Å²) in [5.74, 6) is 1.56. The van der Waals surface area contributed by atoms with Crippen LogP contribution in [0.4, 0.5) is 0 Å². The Labute approximate surface area is 136 Å². The quantitative estimate of drug-likeness (QED) is 0.513. The maximum atomic E-state index is 10.9. The average molecular weight is 310 g/mol. The number of hydrogen-bond donors (Lipinski definition) is 1. The first kappa shape index (κ1) is 19.4. The number of allylic oxidation sites excluding steroid dienone is 1. The van der Waals surface area contributed by atoms with Crippen LogP contribution < -0.4 is 0 Å². The van der Waals surface area contributed by atoms with E-state index in [9.17, 15) is 5.11 Å². The highest BCUT2D eigenvalue weighted by Crippen LogP contribution is 2.47. The third-order valence-corrected chi connectivity index (χ3v) is 5.48. The molecule has 3 heteroatoms. The van der Waals surface area contributed by atoms with E-state index in [0.29, 0.717) is 24.2 Å². The highest BCUT2D eigenvalue weighted by molar-refractivity contribution is 5.08. The van der Waals surface area contributed by atoms with Gasteiger partial charge in [-0.25, -0.2) is 0 Å². The molecule has 0 spiro atoms. The van der Waals surface area contributed by atoms with Crippen LogP contribution in [-0.4, -0.2) is 30.7 Å². The fourth-order valence-electron chi connectivity index (χ4n) is 3.61. The molecule has 1 fully saturated rings. The third kappa shape index (κ3) is 4.21. The smallest absolute Gasteiger partial charge is 0.147 e. The van der Waals surface area contributed by atoms with Crippen LogP contribution in [0.15, 0.2) is 24.8 Å². The van der Waals surface area contributed by atoms with E-state index >= 15 is 0 Å². The predicted octanol–water partition coefficient (Wildman–Crippen LogP) is 4.18. The fourth-order valence-corrected chi connectivity index (χ4v) is 3.61. The lowest BCUT2D eigenvalue weighted by Gasteiger charge is -2.42. The van der Waals surface area contributed by atoms with Crippen molar-refractivity contribution in [2.75, 3.05) is 13.9 Å². The molecule has 0 amide bonds. The first-order chi connectivity index (χ1) is 10.3. The van der Waals surface area contributed by atoms with E-state index in [-0.39, 0.29) is 12.7 Å². The Morgan fingerprint density at radius 2 is 2.05 bits per heavy atom. The molecule has 0 unspecified atom stereocenters. The van der Waals surface area contributed by atoms with E-state index in [1.807, 2.05) is 13.0 Å². The van der Waals surface area contributed by atoms with Gasteiger partial charge in [-0.05, 0) is 49.9 Å². The second-order valence-corrected chi connectivity index (χ2v) is 7.24. The Morgan fingerprint density at radius 3 is 2.55 bits per heavy atom. The van der Waals surface area contributed by atoms with E-state index in [2.05, 4.69) is 33.9 Å². The maximum absolute atomic E-state index is 10.9. The molecule has 1 rings (SSSR count). The van der Waals surface area contributed by atoms with Gasteiger partial charge in [0.05, 0.1) is 11.7 Å². The molecule has 22 heavy (non-hydrogen) atoms. The standard InChI is InChI=1S/C19H34O3/c1-8-16-14(4)9-10-17(16)19(6,22-12-21-7)18(20)11-15(5)13(2)3/h8,13-14,16-18,20H,1,5,9-12H2,2-4,6-7H3/t14-,16-,17-,18-,19+/m1/s1. The highest BCUT2D eigenvalue weighted by atomic mass is 16.7. The number of aliphatic hydroxyl groups is 1. The van der Waals surface area contributed by atoms with Crippen LogP contribution in [-0.2, 0) is 9.47 Å². The minimum Gasteiger partial charge on any atom is -0.390 e. The summed E-state index contributed by atoms with van der Waals surface area (Å²) in [5, 5.41) is 10.9. The lowest BCUT2D eigenvalue weighted by Crippen LogP contribution is -2.50. The lowest BCUT2D eigenvalue weighted by atomic mass is 9.74. The van der Waals surface area contributed by atoms with Crippen molar-refractivity contribution in [2.45, 2.75) is 58.7 Å². The van der Waals surface area contributed by atoms with Crippen LogP contribution in [0.25, 0.3) is 0 Å². The van der Waals surface area contributed by atoms with Gasteiger partial charge in [-0.15, -0.1) is 6.58 Å². The molecule has 0 heterocycles. The summed E-state index contributed by atoms with van der Waals surface area (Å²) < 4.78 is 11.1. The Bertz CT molecular complexity index is 377. The van der Waals surface area contributed by atoms with Gasteiger partial charge < -0.3 is 14.6 Å². The van der Waals surface area contributed by atoms with E-state index in [1.165, 1.54) is 0 Å². The second kappa shape index (κ2) is 8.28. The highest BCUT2D eigenvalue weighted by Gasteiger charge is 2.48. The zero-order valence-electron chi connectivity index (χ0n) is 15.0. The first-order valence-electron chi connectivity index (χ1n) is 8.39. The molecule has 1 aliphatic carbocycles. The number of aliphatic hydroxyl groups excluding tert-OH is 1. The van der Waals surface area contributed by atoms with Crippen molar-refractivity contribution in [2.24, 2.45) is 23.7 Å². The normalized spacial score (nSPS) is 29.3. The monoisotopic (exact) mass is 310 g/mol. The zero-order chi connectivity index (χ0) is 16.9. The van der Waals surface area contributed by atoms with E-state index in [4.69, 9.17) is 9.47 Å². The molecule has 1 saturated carbocycles. The van der Waals surface area contributed by atoms with Crippen molar-refractivity contribution in [3.05, 3.63) is 24.8 Å². The van der Waals surface area contributed by atoms with Crippen LogP contribution >= 0.6 is 0 Å². The molecule has 0 aromatic rings. The maximum Gasteiger partial charge on any atom is 0.147 e. The molecule has 128 valence electrons. The molecular weight excluding hydrogens is 276 g/mol. The van der Waals surface area contributed by atoms with Crippen LogP contribution in [0.1, 0.15) is 47.0 Å². The van der Waals surface area contributed by atoms with Gasteiger partial charge in [-0.2, -0.15) is 0 Å². The van der Waals surface area contributed by atoms with Crippen molar-refractivity contribution in [3.63, 3.8) is 0 Å². The van der Waals surface area contributed by atoms with Crippen LogP contribution in [0.3, 0.4) is 0 Å². The third-order valence-electron chi connectivity index (χ3n) is 5.48. The van der Waals surface area contributed by atoms with Gasteiger partial charge in [0, 0.05) is 7.11 Å². The minimum atomic E-state index is -0.641.